The van der Waals surface area contributed by atoms with Gasteiger partial charge in [0, 0.05) is 6.54 Å². The van der Waals surface area contributed by atoms with Crippen LogP contribution in [0.5, 0.6) is 17.8 Å². The van der Waals surface area contributed by atoms with E-state index in [9.17, 15) is 4.39 Å². The molecule has 0 amide bonds. The van der Waals surface area contributed by atoms with E-state index in [0.717, 1.165) is 13.0 Å². The minimum Gasteiger partial charge on any atom is -0.467 e. The Morgan fingerprint density at radius 1 is 1.10 bits per heavy atom. The molecule has 0 aliphatic carbocycles. The average molecular weight is 278 g/mol. The Hall–Kier alpha value is -2.44. The van der Waals surface area contributed by atoms with Gasteiger partial charge in [-0.3, -0.25) is 0 Å². The maximum atomic E-state index is 12.8. The lowest BCUT2D eigenvalue weighted by molar-refractivity contribution is 0.360. The number of hydrogen-bond donors (Lipinski definition) is 1. The molecule has 1 heterocycles. The zero-order valence-corrected chi connectivity index (χ0v) is 11.3. The largest absolute Gasteiger partial charge is 0.467 e. The number of halogens is 1. The first kappa shape index (κ1) is 14.0. The zero-order valence-electron chi connectivity index (χ0n) is 11.3. The molecule has 0 unspecified atom stereocenters. The smallest absolute Gasteiger partial charge is 0.330 e. The SMILES string of the molecule is CCCNc1nc(OC)nc(Oc2ccc(F)cc2)n1. The van der Waals surface area contributed by atoms with Crippen LogP contribution in [0.2, 0.25) is 0 Å². The van der Waals surface area contributed by atoms with Crippen LogP contribution in [0.15, 0.2) is 24.3 Å². The van der Waals surface area contributed by atoms with Crippen LogP contribution in [-0.2, 0) is 0 Å². The Kier molecular flexibility index (Phi) is 4.65. The van der Waals surface area contributed by atoms with Crippen LogP contribution < -0.4 is 14.8 Å². The molecule has 1 N–H and O–H groups in total. The summed E-state index contributed by atoms with van der Waals surface area (Å²) in [6, 6.07) is 5.81. The first-order valence-electron chi connectivity index (χ1n) is 6.18. The van der Waals surface area contributed by atoms with Crippen molar-refractivity contribution in [3.63, 3.8) is 0 Å². The van der Waals surface area contributed by atoms with Crippen LogP contribution in [0.3, 0.4) is 0 Å². The number of rotatable bonds is 6. The van der Waals surface area contributed by atoms with Gasteiger partial charge in [-0.1, -0.05) is 6.92 Å². The molecule has 0 radical (unpaired) electrons. The molecule has 0 saturated carbocycles. The average Bonchev–Trinajstić information content (AvgIpc) is 2.47. The van der Waals surface area contributed by atoms with E-state index >= 15 is 0 Å². The van der Waals surface area contributed by atoms with Gasteiger partial charge in [0.05, 0.1) is 7.11 Å². The minimum absolute atomic E-state index is 0.0852. The molecule has 106 valence electrons. The minimum atomic E-state index is -0.337. The van der Waals surface area contributed by atoms with Crippen molar-refractivity contribution in [3.05, 3.63) is 30.1 Å². The second-order valence-electron chi connectivity index (χ2n) is 3.91. The number of ether oxygens (including phenoxy) is 2. The maximum Gasteiger partial charge on any atom is 0.330 e. The second kappa shape index (κ2) is 6.65. The van der Waals surface area contributed by atoms with E-state index in [0.29, 0.717) is 11.7 Å². The van der Waals surface area contributed by atoms with Crippen LogP contribution in [0.4, 0.5) is 10.3 Å². The Morgan fingerprint density at radius 2 is 1.80 bits per heavy atom. The Labute approximate surface area is 116 Å². The summed E-state index contributed by atoms with van der Waals surface area (Å²) in [7, 11) is 1.46. The highest BCUT2D eigenvalue weighted by molar-refractivity contribution is 5.30. The monoisotopic (exact) mass is 278 g/mol. The van der Waals surface area contributed by atoms with E-state index in [4.69, 9.17) is 9.47 Å². The van der Waals surface area contributed by atoms with Crippen molar-refractivity contribution >= 4 is 5.95 Å². The molecule has 0 fully saturated rings. The molecule has 2 rings (SSSR count). The lowest BCUT2D eigenvalue weighted by Gasteiger charge is -2.08. The van der Waals surface area contributed by atoms with Gasteiger partial charge in [0.15, 0.2) is 0 Å². The third-order valence-corrected chi connectivity index (χ3v) is 2.33. The van der Waals surface area contributed by atoms with Gasteiger partial charge < -0.3 is 14.8 Å². The molecule has 7 heteroatoms. The van der Waals surface area contributed by atoms with E-state index < -0.39 is 0 Å². The van der Waals surface area contributed by atoms with Gasteiger partial charge in [-0.25, -0.2) is 4.39 Å². The fraction of sp³-hybridized carbons (Fsp3) is 0.308. The Balaban J connectivity index is 2.19. The number of benzene rings is 1. The topological polar surface area (TPSA) is 69.2 Å². The van der Waals surface area contributed by atoms with Gasteiger partial charge in [0.2, 0.25) is 5.95 Å². The maximum absolute atomic E-state index is 12.8. The second-order valence-corrected chi connectivity index (χ2v) is 3.91. The van der Waals surface area contributed by atoms with E-state index in [2.05, 4.69) is 20.3 Å². The summed E-state index contributed by atoms with van der Waals surface area (Å²) >= 11 is 0. The molecule has 0 saturated heterocycles. The van der Waals surface area contributed by atoms with Crippen molar-refractivity contribution in [2.75, 3.05) is 19.0 Å². The van der Waals surface area contributed by atoms with Gasteiger partial charge >= 0.3 is 12.0 Å². The highest BCUT2D eigenvalue weighted by atomic mass is 19.1. The molecule has 0 bridgehead atoms. The van der Waals surface area contributed by atoms with Crippen molar-refractivity contribution in [1.29, 1.82) is 0 Å². The van der Waals surface area contributed by atoms with Crippen molar-refractivity contribution in [2.24, 2.45) is 0 Å². The van der Waals surface area contributed by atoms with Crippen LogP contribution in [0, 0.1) is 5.82 Å². The summed E-state index contributed by atoms with van der Waals surface area (Å²) in [5.41, 5.74) is 0. The predicted octanol–water partition coefficient (Wildman–Crippen LogP) is 2.63. The van der Waals surface area contributed by atoms with Crippen molar-refractivity contribution < 1.29 is 13.9 Å². The van der Waals surface area contributed by atoms with Crippen LogP contribution in [0.1, 0.15) is 13.3 Å². The van der Waals surface area contributed by atoms with Crippen molar-refractivity contribution in [1.82, 2.24) is 15.0 Å². The highest BCUT2D eigenvalue weighted by Crippen LogP contribution is 2.20. The molecule has 0 aliphatic heterocycles. The predicted molar refractivity (Wildman–Crippen MR) is 71.6 cm³/mol. The zero-order chi connectivity index (χ0) is 14.4. The van der Waals surface area contributed by atoms with Crippen molar-refractivity contribution in [3.8, 4) is 17.8 Å². The molecule has 1 aromatic carbocycles. The van der Waals surface area contributed by atoms with Crippen molar-refractivity contribution in [2.45, 2.75) is 13.3 Å². The van der Waals surface area contributed by atoms with Gasteiger partial charge in [-0.15, -0.1) is 4.98 Å². The quantitative estimate of drug-likeness (QED) is 0.876. The number of hydrogen-bond acceptors (Lipinski definition) is 6. The Morgan fingerprint density at radius 3 is 2.45 bits per heavy atom. The first-order chi connectivity index (χ1) is 9.71. The fourth-order valence-electron chi connectivity index (χ4n) is 1.40. The third kappa shape index (κ3) is 3.78. The third-order valence-electron chi connectivity index (χ3n) is 2.33. The van der Waals surface area contributed by atoms with E-state index in [1.807, 2.05) is 6.92 Å². The summed E-state index contributed by atoms with van der Waals surface area (Å²) in [4.78, 5) is 12.1. The summed E-state index contributed by atoms with van der Waals surface area (Å²) in [5, 5.41) is 3.02. The normalized spacial score (nSPS) is 10.2. The lowest BCUT2D eigenvalue weighted by Crippen LogP contribution is -2.07. The number of methoxy groups -OCH3 is 1. The van der Waals surface area contributed by atoms with Gasteiger partial charge in [-0.05, 0) is 30.7 Å². The molecule has 0 spiro atoms. The van der Waals surface area contributed by atoms with Crippen LogP contribution in [0.25, 0.3) is 0 Å². The summed E-state index contributed by atoms with van der Waals surface area (Å²) in [5.74, 6) is 0.466. The standard InChI is InChI=1S/C13H15FN4O2/c1-3-8-15-11-16-12(19-2)18-13(17-11)20-10-6-4-9(14)5-7-10/h4-7H,3,8H2,1-2H3,(H,15,16,17,18). The molecule has 0 aliphatic rings. The molecular weight excluding hydrogens is 263 g/mol. The molecule has 2 aromatic rings. The molecular formula is C13H15FN4O2. The van der Waals surface area contributed by atoms with E-state index in [1.165, 1.54) is 31.4 Å². The molecule has 20 heavy (non-hydrogen) atoms. The molecule has 1 aromatic heterocycles. The summed E-state index contributed by atoms with van der Waals surface area (Å²) in [6.07, 6.45) is 0.933. The van der Waals surface area contributed by atoms with Crippen LogP contribution >= 0.6 is 0 Å². The Bertz CT molecular complexity index is 563. The first-order valence-corrected chi connectivity index (χ1v) is 6.18. The highest BCUT2D eigenvalue weighted by Gasteiger charge is 2.08. The van der Waals surface area contributed by atoms with E-state index in [-0.39, 0.29) is 17.8 Å². The van der Waals surface area contributed by atoms with Gasteiger partial charge in [0.1, 0.15) is 11.6 Å². The lowest BCUT2D eigenvalue weighted by atomic mass is 10.3. The number of nitrogens with one attached hydrogen (secondary N) is 1. The summed E-state index contributed by atoms with van der Waals surface area (Å²) in [6.45, 7) is 2.75. The van der Waals surface area contributed by atoms with E-state index in [1.54, 1.807) is 0 Å². The molecule has 6 nitrogen and oxygen atoms in total. The fourth-order valence-corrected chi connectivity index (χ4v) is 1.40. The number of nitrogens with zero attached hydrogens (tertiary/aromatic N) is 3. The van der Waals surface area contributed by atoms with Gasteiger partial charge in [0.25, 0.3) is 0 Å². The molecule has 0 atom stereocenters. The van der Waals surface area contributed by atoms with Gasteiger partial charge in [-0.2, -0.15) is 9.97 Å². The summed E-state index contributed by atoms with van der Waals surface area (Å²) < 4.78 is 23.3. The van der Waals surface area contributed by atoms with Crippen LogP contribution in [-0.4, -0.2) is 28.6 Å². The number of anilines is 1. The number of aromatic nitrogens is 3.